The molecule has 1 aliphatic rings. The van der Waals surface area contributed by atoms with Crippen molar-refractivity contribution in [1.82, 2.24) is 0 Å². The van der Waals surface area contributed by atoms with Crippen LogP contribution in [0.2, 0.25) is 0 Å². The summed E-state index contributed by atoms with van der Waals surface area (Å²) in [6, 6.07) is 6.21. The van der Waals surface area contributed by atoms with Crippen LogP contribution in [0.3, 0.4) is 0 Å². The molecule has 0 atom stereocenters. The summed E-state index contributed by atoms with van der Waals surface area (Å²) in [6.07, 6.45) is 1.48. The van der Waals surface area contributed by atoms with E-state index in [9.17, 15) is 4.79 Å². The van der Waals surface area contributed by atoms with Crippen LogP contribution in [0.1, 0.15) is 31.4 Å². The summed E-state index contributed by atoms with van der Waals surface area (Å²) in [7, 11) is 1.69. The van der Waals surface area contributed by atoms with Gasteiger partial charge in [0.15, 0.2) is 0 Å². The summed E-state index contributed by atoms with van der Waals surface area (Å²) in [4.78, 5) is 11.4. The lowest BCUT2D eigenvalue weighted by Gasteiger charge is -2.41. The number of hydrogen-bond acceptors (Lipinski definition) is 3. The van der Waals surface area contributed by atoms with Crippen LogP contribution in [-0.2, 0) is 21.4 Å². The Morgan fingerprint density at radius 1 is 1.44 bits per heavy atom. The smallest absolute Gasteiger partial charge is 0.130 e. The van der Waals surface area contributed by atoms with Crippen molar-refractivity contribution in [3.05, 3.63) is 29.3 Å². The molecule has 1 saturated heterocycles. The first-order chi connectivity index (χ1) is 8.61. The molecule has 0 saturated carbocycles. The molecular formula is C15H20O3. The molecule has 1 heterocycles. The number of carbonyl (C=O) groups is 1. The lowest BCUT2D eigenvalue weighted by molar-refractivity contribution is -0.125. The minimum atomic E-state index is -0.109. The predicted octanol–water partition coefficient (Wildman–Crippen LogP) is 2.50. The van der Waals surface area contributed by atoms with Gasteiger partial charge in [-0.2, -0.15) is 0 Å². The van der Waals surface area contributed by atoms with Crippen LogP contribution in [0.15, 0.2) is 18.2 Å². The molecule has 0 aromatic heterocycles. The second kappa shape index (κ2) is 5.11. The summed E-state index contributed by atoms with van der Waals surface area (Å²) in [5.74, 6) is 1.13. The minimum absolute atomic E-state index is 0.109. The molecule has 2 rings (SSSR count). The first kappa shape index (κ1) is 13.1. The number of rotatable bonds is 5. The fourth-order valence-corrected chi connectivity index (χ4v) is 2.58. The zero-order valence-corrected chi connectivity index (χ0v) is 11.3. The Labute approximate surface area is 108 Å². The van der Waals surface area contributed by atoms with Gasteiger partial charge in [0, 0.05) is 11.8 Å². The lowest BCUT2D eigenvalue weighted by atomic mass is 9.74. The fourth-order valence-electron chi connectivity index (χ4n) is 2.58. The standard InChI is InChI=1S/C15H20O3/c1-4-12-7-13(5-6-14(12)17-3)15(8-11(2)16)9-18-10-15/h5-7H,4,8-10H2,1-3H3. The summed E-state index contributed by atoms with van der Waals surface area (Å²) >= 11 is 0. The highest BCUT2D eigenvalue weighted by Gasteiger charge is 2.41. The van der Waals surface area contributed by atoms with Gasteiger partial charge in [0.1, 0.15) is 11.5 Å². The number of hydrogen-bond donors (Lipinski definition) is 0. The highest BCUT2D eigenvalue weighted by molar-refractivity contribution is 5.77. The molecule has 3 heteroatoms. The van der Waals surface area contributed by atoms with Gasteiger partial charge in [0.05, 0.1) is 20.3 Å². The average Bonchev–Trinajstić information content (AvgIpc) is 2.32. The van der Waals surface area contributed by atoms with Crippen molar-refractivity contribution in [2.24, 2.45) is 0 Å². The number of carbonyl (C=O) groups excluding carboxylic acids is 1. The van der Waals surface area contributed by atoms with Gasteiger partial charge >= 0.3 is 0 Å². The van der Waals surface area contributed by atoms with E-state index < -0.39 is 0 Å². The number of ether oxygens (including phenoxy) is 2. The Bertz CT molecular complexity index is 447. The van der Waals surface area contributed by atoms with Crippen molar-refractivity contribution >= 4 is 5.78 Å². The van der Waals surface area contributed by atoms with Crippen molar-refractivity contribution in [3.63, 3.8) is 0 Å². The van der Waals surface area contributed by atoms with Crippen LogP contribution in [0.5, 0.6) is 5.75 Å². The zero-order chi connectivity index (χ0) is 13.2. The molecule has 18 heavy (non-hydrogen) atoms. The largest absolute Gasteiger partial charge is 0.496 e. The summed E-state index contributed by atoms with van der Waals surface area (Å²) < 4.78 is 10.7. The second-order valence-electron chi connectivity index (χ2n) is 5.03. The topological polar surface area (TPSA) is 35.5 Å². The van der Waals surface area contributed by atoms with E-state index in [2.05, 4.69) is 19.1 Å². The summed E-state index contributed by atoms with van der Waals surface area (Å²) in [5, 5.41) is 0. The number of benzene rings is 1. The van der Waals surface area contributed by atoms with Crippen molar-refractivity contribution in [1.29, 1.82) is 0 Å². The molecule has 1 aliphatic heterocycles. The van der Waals surface area contributed by atoms with E-state index in [-0.39, 0.29) is 11.2 Å². The van der Waals surface area contributed by atoms with E-state index in [1.165, 1.54) is 11.1 Å². The molecule has 1 aromatic rings. The average molecular weight is 248 g/mol. The van der Waals surface area contributed by atoms with Gasteiger partial charge in [-0.3, -0.25) is 4.79 Å². The molecule has 0 spiro atoms. The Hall–Kier alpha value is -1.35. The number of aryl methyl sites for hydroxylation is 1. The second-order valence-corrected chi connectivity index (χ2v) is 5.03. The van der Waals surface area contributed by atoms with Crippen molar-refractivity contribution < 1.29 is 14.3 Å². The molecule has 0 aliphatic carbocycles. The summed E-state index contributed by atoms with van der Waals surface area (Å²) in [5.41, 5.74) is 2.27. The van der Waals surface area contributed by atoms with Gasteiger partial charge in [-0.05, 0) is 30.5 Å². The van der Waals surface area contributed by atoms with E-state index >= 15 is 0 Å². The van der Waals surface area contributed by atoms with Crippen LogP contribution < -0.4 is 4.74 Å². The first-order valence-corrected chi connectivity index (χ1v) is 6.36. The molecule has 0 N–H and O–H groups in total. The quantitative estimate of drug-likeness (QED) is 0.803. The van der Waals surface area contributed by atoms with Gasteiger partial charge in [-0.15, -0.1) is 0 Å². The van der Waals surface area contributed by atoms with Gasteiger partial charge in [0.2, 0.25) is 0 Å². The van der Waals surface area contributed by atoms with E-state index in [1.54, 1.807) is 14.0 Å². The van der Waals surface area contributed by atoms with Crippen LogP contribution in [-0.4, -0.2) is 26.1 Å². The molecule has 0 bridgehead atoms. The van der Waals surface area contributed by atoms with Crippen molar-refractivity contribution in [3.8, 4) is 5.75 Å². The van der Waals surface area contributed by atoms with Crippen LogP contribution in [0.25, 0.3) is 0 Å². The molecule has 0 amide bonds. The van der Waals surface area contributed by atoms with Gasteiger partial charge in [-0.1, -0.05) is 19.1 Å². The number of Topliss-reactive ketones (excluding diaryl/α,β-unsaturated/α-hetero) is 1. The van der Waals surface area contributed by atoms with E-state index in [0.29, 0.717) is 19.6 Å². The molecule has 0 radical (unpaired) electrons. The molecule has 1 fully saturated rings. The van der Waals surface area contributed by atoms with E-state index in [0.717, 1.165) is 12.2 Å². The third-order valence-electron chi connectivity index (χ3n) is 3.62. The molecule has 1 aromatic carbocycles. The van der Waals surface area contributed by atoms with Crippen molar-refractivity contribution in [2.75, 3.05) is 20.3 Å². The van der Waals surface area contributed by atoms with Gasteiger partial charge < -0.3 is 9.47 Å². The van der Waals surface area contributed by atoms with Gasteiger partial charge in [0.25, 0.3) is 0 Å². The Kier molecular flexibility index (Phi) is 3.71. The maximum Gasteiger partial charge on any atom is 0.130 e. The molecule has 3 nitrogen and oxygen atoms in total. The normalized spacial score (nSPS) is 17.1. The lowest BCUT2D eigenvalue weighted by Crippen LogP contribution is -2.48. The molecular weight excluding hydrogens is 228 g/mol. The maximum absolute atomic E-state index is 11.4. The van der Waals surface area contributed by atoms with Crippen LogP contribution in [0.4, 0.5) is 0 Å². The number of methoxy groups -OCH3 is 1. The first-order valence-electron chi connectivity index (χ1n) is 6.36. The fraction of sp³-hybridized carbons (Fsp3) is 0.533. The molecule has 98 valence electrons. The Morgan fingerprint density at radius 3 is 2.61 bits per heavy atom. The highest BCUT2D eigenvalue weighted by Crippen LogP contribution is 2.38. The highest BCUT2D eigenvalue weighted by atomic mass is 16.5. The van der Waals surface area contributed by atoms with Crippen molar-refractivity contribution in [2.45, 2.75) is 32.1 Å². The van der Waals surface area contributed by atoms with Gasteiger partial charge in [-0.25, -0.2) is 0 Å². The predicted molar refractivity (Wildman–Crippen MR) is 70.2 cm³/mol. The van der Waals surface area contributed by atoms with E-state index in [1.807, 2.05) is 6.07 Å². The SMILES string of the molecule is CCc1cc(C2(CC(C)=O)COC2)ccc1OC. The van der Waals surface area contributed by atoms with Crippen LogP contribution in [0, 0.1) is 0 Å². The minimum Gasteiger partial charge on any atom is -0.496 e. The Balaban J connectivity index is 2.34. The van der Waals surface area contributed by atoms with Crippen LogP contribution >= 0.6 is 0 Å². The summed E-state index contributed by atoms with van der Waals surface area (Å²) in [6.45, 7) is 5.03. The third kappa shape index (κ3) is 2.27. The van der Waals surface area contributed by atoms with E-state index in [4.69, 9.17) is 9.47 Å². The monoisotopic (exact) mass is 248 g/mol. The molecule has 0 unspecified atom stereocenters. The zero-order valence-electron chi connectivity index (χ0n) is 11.3. The third-order valence-corrected chi connectivity index (χ3v) is 3.62. The maximum atomic E-state index is 11.4. The Morgan fingerprint density at radius 2 is 2.17 bits per heavy atom. The number of ketones is 1.